The molecule has 2 aromatic rings. The number of hydrogen-bond acceptors (Lipinski definition) is 3. The Morgan fingerprint density at radius 1 is 1.40 bits per heavy atom. The zero-order valence-electron chi connectivity index (χ0n) is 11.9. The van der Waals surface area contributed by atoms with Crippen molar-refractivity contribution in [1.29, 1.82) is 0 Å². The molecule has 0 saturated carbocycles. The van der Waals surface area contributed by atoms with E-state index < -0.39 is 0 Å². The summed E-state index contributed by atoms with van der Waals surface area (Å²) in [5.74, 6) is 7.77. The lowest BCUT2D eigenvalue weighted by molar-refractivity contribution is 0.413. The number of methoxy groups -OCH3 is 1. The molecular formula is C16H19N3O. The molecular weight excluding hydrogens is 250 g/mol. The number of aryl methyl sites for hydroxylation is 1. The maximum atomic E-state index is 5.43. The monoisotopic (exact) mass is 269 g/mol. The van der Waals surface area contributed by atoms with Gasteiger partial charge in [-0.1, -0.05) is 24.8 Å². The van der Waals surface area contributed by atoms with E-state index in [0.29, 0.717) is 6.54 Å². The molecule has 0 amide bonds. The van der Waals surface area contributed by atoms with Crippen molar-refractivity contribution in [1.82, 2.24) is 9.55 Å². The SMILES string of the molecule is CCc1nccn1Cc1ccc(OC)c(C#CCN)c1. The first kappa shape index (κ1) is 14.2. The summed E-state index contributed by atoms with van der Waals surface area (Å²) in [6.07, 6.45) is 4.74. The van der Waals surface area contributed by atoms with Crippen molar-refractivity contribution in [3.05, 3.63) is 47.5 Å². The maximum absolute atomic E-state index is 5.43. The quantitative estimate of drug-likeness (QED) is 0.861. The van der Waals surface area contributed by atoms with E-state index in [1.165, 1.54) is 5.56 Å². The summed E-state index contributed by atoms with van der Waals surface area (Å²) in [6, 6.07) is 6.03. The van der Waals surface area contributed by atoms with Crippen LogP contribution in [-0.2, 0) is 13.0 Å². The molecule has 20 heavy (non-hydrogen) atoms. The first-order valence-electron chi connectivity index (χ1n) is 6.64. The minimum absolute atomic E-state index is 0.342. The Balaban J connectivity index is 2.29. The van der Waals surface area contributed by atoms with Gasteiger partial charge >= 0.3 is 0 Å². The lowest BCUT2D eigenvalue weighted by Gasteiger charge is -2.09. The van der Waals surface area contributed by atoms with Gasteiger partial charge in [0.05, 0.1) is 19.2 Å². The van der Waals surface area contributed by atoms with Gasteiger partial charge in [0, 0.05) is 25.4 Å². The Hall–Kier alpha value is -2.25. The molecule has 0 unspecified atom stereocenters. The molecule has 1 heterocycles. The molecule has 0 saturated heterocycles. The van der Waals surface area contributed by atoms with E-state index in [0.717, 1.165) is 30.1 Å². The van der Waals surface area contributed by atoms with Crippen LogP contribution in [0.4, 0.5) is 0 Å². The molecule has 4 nitrogen and oxygen atoms in total. The Labute approximate surface area is 119 Å². The van der Waals surface area contributed by atoms with Crippen LogP contribution in [0.2, 0.25) is 0 Å². The summed E-state index contributed by atoms with van der Waals surface area (Å²) < 4.78 is 7.46. The predicted octanol–water partition coefficient (Wildman–Crippen LogP) is 1.81. The van der Waals surface area contributed by atoms with Gasteiger partial charge in [-0.2, -0.15) is 0 Å². The number of benzene rings is 1. The molecule has 2 N–H and O–H groups in total. The highest BCUT2D eigenvalue weighted by atomic mass is 16.5. The fourth-order valence-electron chi connectivity index (χ4n) is 2.09. The minimum Gasteiger partial charge on any atom is -0.495 e. The van der Waals surface area contributed by atoms with Crippen molar-refractivity contribution < 1.29 is 4.74 Å². The second-order valence-corrected chi connectivity index (χ2v) is 4.37. The topological polar surface area (TPSA) is 53.1 Å². The molecule has 0 radical (unpaired) electrons. The Kier molecular flexibility index (Phi) is 4.80. The number of rotatable bonds is 4. The van der Waals surface area contributed by atoms with Crippen LogP contribution in [0.25, 0.3) is 0 Å². The second kappa shape index (κ2) is 6.78. The molecule has 4 heteroatoms. The summed E-state index contributed by atoms with van der Waals surface area (Å²) in [5, 5.41) is 0. The molecule has 0 aliphatic rings. The summed E-state index contributed by atoms with van der Waals surface area (Å²) in [6.45, 7) is 3.23. The highest BCUT2D eigenvalue weighted by Gasteiger charge is 2.05. The van der Waals surface area contributed by atoms with Crippen molar-refractivity contribution in [3.8, 4) is 17.6 Å². The van der Waals surface area contributed by atoms with Crippen molar-refractivity contribution in [2.45, 2.75) is 19.9 Å². The third-order valence-corrected chi connectivity index (χ3v) is 3.06. The van der Waals surface area contributed by atoms with E-state index in [9.17, 15) is 0 Å². The fourth-order valence-corrected chi connectivity index (χ4v) is 2.09. The van der Waals surface area contributed by atoms with Gasteiger partial charge in [0.25, 0.3) is 0 Å². The molecule has 0 aliphatic carbocycles. The van der Waals surface area contributed by atoms with Crippen LogP contribution < -0.4 is 10.5 Å². The zero-order valence-corrected chi connectivity index (χ0v) is 11.9. The van der Waals surface area contributed by atoms with Crippen molar-refractivity contribution in [3.63, 3.8) is 0 Å². The summed E-state index contributed by atoms with van der Waals surface area (Å²) in [4.78, 5) is 4.33. The molecule has 1 aromatic carbocycles. The third-order valence-electron chi connectivity index (χ3n) is 3.06. The number of aromatic nitrogens is 2. The molecule has 0 aliphatic heterocycles. The van der Waals surface area contributed by atoms with Gasteiger partial charge in [0.1, 0.15) is 11.6 Å². The minimum atomic E-state index is 0.342. The summed E-state index contributed by atoms with van der Waals surface area (Å²) >= 11 is 0. The van der Waals surface area contributed by atoms with E-state index in [4.69, 9.17) is 10.5 Å². The number of imidazole rings is 1. The van der Waals surface area contributed by atoms with Crippen molar-refractivity contribution in [2.75, 3.05) is 13.7 Å². The summed E-state index contributed by atoms with van der Waals surface area (Å²) in [7, 11) is 1.65. The van der Waals surface area contributed by atoms with Gasteiger partial charge in [0.2, 0.25) is 0 Å². The predicted molar refractivity (Wildman–Crippen MR) is 79.6 cm³/mol. The fraction of sp³-hybridized carbons (Fsp3) is 0.312. The number of nitrogens with two attached hydrogens (primary N) is 1. The molecule has 0 atom stereocenters. The van der Waals surface area contributed by atoms with Gasteiger partial charge in [-0.3, -0.25) is 0 Å². The van der Waals surface area contributed by atoms with E-state index >= 15 is 0 Å². The van der Waals surface area contributed by atoms with E-state index in [1.807, 2.05) is 30.6 Å². The molecule has 0 bridgehead atoms. The van der Waals surface area contributed by atoms with Gasteiger partial charge < -0.3 is 15.0 Å². The van der Waals surface area contributed by atoms with Gasteiger partial charge in [-0.25, -0.2) is 4.98 Å². The number of ether oxygens (including phenoxy) is 1. The van der Waals surface area contributed by atoms with Crippen LogP contribution in [0.3, 0.4) is 0 Å². The second-order valence-electron chi connectivity index (χ2n) is 4.37. The van der Waals surface area contributed by atoms with Crippen LogP contribution in [-0.4, -0.2) is 23.2 Å². The molecule has 0 spiro atoms. The highest BCUT2D eigenvalue weighted by Crippen LogP contribution is 2.19. The first-order valence-corrected chi connectivity index (χ1v) is 6.64. The van der Waals surface area contributed by atoms with Gasteiger partial charge in [-0.05, 0) is 17.7 Å². The first-order chi connectivity index (χ1) is 9.78. The van der Waals surface area contributed by atoms with E-state index in [2.05, 4.69) is 28.3 Å². The van der Waals surface area contributed by atoms with E-state index in [-0.39, 0.29) is 0 Å². The lowest BCUT2D eigenvalue weighted by Crippen LogP contribution is -2.04. The largest absolute Gasteiger partial charge is 0.495 e. The third kappa shape index (κ3) is 3.19. The van der Waals surface area contributed by atoms with Crippen LogP contribution >= 0.6 is 0 Å². The average Bonchev–Trinajstić information content (AvgIpc) is 2.92. The standard InChI is InChI=1S/C16H19N3O/c1-3-16-18-9-10-19(16)12-13-6-7-15(20-2)14(11-13)5-4-8-17/h6-7,9-11H,3,8,12,17H2,1-2H3. The number of hydrogen-bond donors (Lipinski definition) is 1. The van der Waals surface area contributed by atoms with Crippen molar-refractivity contribution in [2.24, 2.45) is 5.73 Å². The van der Waals surface area contributed by atoms with Crippen LogP contribution in [0.1, 0.15) is 23.9 Å². The number of nitrogens with zero attached hydrogens (tertiary/aromatic N) is 2. The lowest BCUT2D eigenvalue weighted by atomic mass is 10.1. The summed E-state index contributed by atoms with van der Waals surface area (Å²) in [5.41, 5.74) is 7.46. The normalized spacial score (nSPS) is 9.95. The Bertz CT molecular complexity index is 635. The van der Waals surface area contributed by atoms with Gasteiger partial charge in [-0.15, -0.1) is 0 Å². The Morgan fingerprint density at radius 2 is 2.25 bits per heavy atom. The van der Waals surface area contributed by atoms with Crippen LogP contribution in [0.15, 0.2) is 30.6 Å². The average molecular weight is 269 g/mol. The Morgan fingerprint density at radius 3 is 2.95 bits per heavy atom. The van der Waals surface area contributed by atoms with Crippen LogP contribution in [0.5, 0.6) is 5.75 Å². The van der Waals surface area contributed by atoms with Crippen LogP contribution in [0, 0.1) is 11.8 Å². The molecule has 104 valence electrons. The highest BCUT2D eigenvalue weighted by molar-refractivity contribution is 5.48. The smallest absolute Gasteiger partial charge is 0.134 e. The molecule has 2 rings (SSSR count). The maximum Gasteiger partial charge on any atom is 0.134 e. The molecule has 1 aromatic heterocycles. The van der Waals surface area contributed by atoms with Crippen molar-refractivity contribution >= 4 is 0 Å². The van der Waals surface area contributed by atoms with E-state index in [1.54, 1.807) is 7.11 Å². The van der Waals surface area contributed by atoms with Gasteiger partial charge in [0.15, 0.2) is 0 Å². The zero-order chi connectivity index (χ0) is 14.4. The molecule has 0 fully saturated rings.